The highest BCUT2D eigenvalue weighted by Crippen LogP contribution is 2.05. The number of nitrogens with zero attached hydrogens (tertiary/aromatic N) is 1. The lowest BCUT2D eigenvalue weighted by Crippen LogP contribution is -2.34. The zero-order chi connectivity index (χ0) is 11.5. The molecule has 1 fully saturated rings. The molecule has 15 heavy (non-hydrogen) atoms. The Morgan fingerprint density at radius 2 is 1.67 bits per heavy atom. The van der Waals surface area contributed by atoms with Crippen LogP contribution in [-0.2, 0) is 4.79 Å². The van der Waals surface area contributed by atoms with Crippen molar-refractivity contribution >= 4 is 5.78 Å². The average molecular weight is 214 g/mol. The lowest BCUT2D eigenvalue weighted by atomic mass is 10.1. The molecule has 90 valence electrons. The summed E-state index contributed by atoms with van der Waals surface area (Å²) in [5.74, 6) is 0.437. The lowest BCUT2D eigenvalue weighted by Gasteiger charge is -2.24. The molecule has 0 spiro atoms. The van der Waals surface area contributed by atoms with Gasteiger partial charge in [0.05, 0.1) is 0 Å². The van der Waals surface area contributed by atoms with Gasteiger partial charge in [-0.2, -0.15) is 0 Å². The smallest absolute Gasteiger partial charge is 0.135 e. The molecular weight excluding hydrogens is 188 g/mol. The molecule has 1 saturated heterocycles. The third-order valence-corrected chi connectivity index (χ3v) is 2.45. The molecule has 0 saturated carbocycles. The van der Waals surface area contributed by atoms with E-state index in [1.807, 2.05) is 0 Å². The van der Waals surface area contributed by atoms with Gasteiger partial charge >= 0.3 is 0 Å². The van der Waals surface area contributed by atoms with E-state index in [1.165, 1.54) is 6.42 Å². The van der Waals surface area contributed by atoms with Crippen molar-refractivity contribution in [3.8, 4) is 0 Å². The number of ketones is 1. The third kappa shape index (κ3) is 8.58. The highest BCUT2D eigenvalue weighted by Gasteiger charge is 2.14. The van der Waals surface area contributed by atoms with E-state index in [0.717, 1.165) is 45.6 Å². The van der Waals surface area contributed by atoms with Crippen LogP contribution in [0.5, 0.6) is 0 Å². The van der Waals surface area contributed by atoms with Gasteiger partial charge in [0.25, 0.3) is 0 Å². The van der Waals surface area contributed by atoms with Gasteiger partial charge in [-0.15, -0.1) is 0 Å². The van der Waals surface area contributed by atoms with Crippen molar-refractivity contribution in [1.82, 2.24) is 10.2 Å². The van der Waals surface area contributed by atoms with Gasteiger partial charge in [0.15, 0.2) is 0 Å². The lowest BCUT2D eigenvalue weighted by molar-refractivity contribution is -0.121. The molecular formula is C12H26N2O. The highest BCUT2D eigenvalue weighted by molar-refractivity contribution is 5.79. The predicted molar refractivity (Wildman–Crippen MR) is 65.2 cm³/mol. The minimum atomic E-state index is 0.437. The molecule has 1 N–H and O–H groups in total. The zero-order valence-corrected chi connectivity index (χ0v) is 10.5. The maximum Gasteiger partial charge on any atom is 0.135 e. The number of Topliss-reactive ketones (excluding diaryl/α,β-unsaturated/α-hetero) is 1. The molecule has 0 amide bonds. The van der Waals surface area contributed by atoms with Crippen LogP contribution in [-0.4, -0.2) is 43.4 Å². The minimum Gasteiger partial charge on any atom is -0.317 e. The van der Waals surface area contributed by atoms with Crippen LogP contribution in [0.1, 0.15) is 40.0 Å². The number of carbonyl (C=O) groups excluding carboxylic acids is 1. The maximum atomic E-state index is 10.8. The van der Waals surface area contributed by atoms with Crippen LogP contribution in [0.4, 0.5) is 0 Å². The summed E-state index contributed by atoms with van der Waals surface area (Å²) in [5, 5.41) is 3.11. The van der Waals surface area contributed by atoms with Gasteiger partial charge in [-0.1, -0.05) is 20.8 Å². The van der Waals surface area contributed by atoms with Crippen molar-refractivity contribution in [2.45, 2.75) is 40.0 Å². The molecule has 0 atom stereocenters. The highest BCUT2D eigenvalue weighted by atomic mass is 16.1. The molecule has 0 bridgehead atoms. The van der Waals surface area contributed by atoms with Crippen LogP contribution in [0.25, 0.3) is 0 Å². The molecule has 0 aromatic heterocycles. The second-order valence-corrected chi connectivity index (χ2v) is 3.84. The number of carbonyl (C=O) groups is 1. The molecule has 0 aromatic rings. The van der Waals surface area contributed by atoms with Crippen LogP contribution in [0, 0.1) is 0 Å². The Kier molecular flexibility index (Phi) is 9.84. The van der Waals surface area contributed by atoms with Gasteiger partial charge in [-0.3, -0.25) is 4.79 Å². The van der Waals surface area contributed by atoms with E-state index in [9.17, 15) is 4.79 Å². The number of piperidine rings is 1. The van der Waals surface area contributed by atoms with Gasteiger partial charge in [0, 0.05) is 25.9 Å². The summed E-state index contributed by atoms with van der Waals surface area (Å²) in [7, 11) is 0. The molecule has 0 radical (unpaired) electrons. The second kappa shape index (κ2) is 10.1. The van der Waals surface area contributed by atoms with E-state index in [4.69, 9.17) is 0 Å². The minimum absolute atomic E-state index is 0.437. The summed E-state index contributed by atoms with van der Waals surface area (Å²) in [6.45, 7) is 11.7. The van der Waals surface area contributed by atoms with Crippen LogP contribution in [0.3, 0.4) is 0 Å². The molecule has 3 nitrogen and oxygen atoms in total. The van der Waals surface area contributed by atoms with Crippen LogP contribution in [0.15, 0.2) is 0 Å². The van der Waals surface area contributed by atoms with Crippen LogP contribution >= 0.6 is 0 Å². The monoisotopic (exact) mass is 214 g/mol. The summed E-state index contributed by atoms with van der Waals surface area (Å²) in [4.78, 5) is 13.1. The first kappa shape index (κ1) is 14.6. The van der Waals surface area contributed by atoms with E-state index in [-0.39, 0.29) is 0 Å². The molecule has 0 aliphatic carbocycles. The molecule has 0 unspecified atom stereocenters. The van der Waals surface area contributed by atoms with Crippen LogP contribution < -0.4 is 5.32 Å². The number of likely N-dealkylation sites (tertiary alicyclic amines) is 1. The molecule has 1 aliphatic heterocycles. The first-order valence-corrected chi connectivity index (χ1v) is 6.19. The maximum absolute atomic E-state index is 10.8. The van der Waals surface area contributed by atoms with Crippen molar-refractivity contribution in [2.24, 2.45) is 0 Å². The number of rotatable bonds is 4. The Labute approximate surface area is 94.2 Å². The summed E-state index contributed by atoms with van der Waals surface area (Å²) in [6.07, 6.45) is 2.76. The third-order valence-electron chi connectivity index (χ3n) is 2.45. The predicted octanol–water partition coefficient (Wildman–Crippen LogP) is 1.68. The van der Waals surface area contributed by atoms with E-state index in [0.29, 0.717) is 5.78 Å². The molecule has 1 aliphatic rings. The normalized spacial score (nSPS) is 17.1. The Morgan fingerprint density at radius 1 is 1.13 bits per heavy atom. The Morgan fingerprint density at radius 3 is 2.00 bits per heavy atom. The number of hydrogen-bond donors (Lipinski definition) is 1. The topological polar surface area (TPSA) is 32.3 Å². The number of hydrogen-bond acceptors (Lipinski definition) is 3. The SMILES string of the molecule is CCCN1CCC(=O)CC1.CCNCC. The summed E-state index contributed by atoms with van der Waals surface area (Å²) >= 11 is 0. The van der Waals surface area contributed by atoms with Crippen molar-refractivity contribution in [2.75, 3.05) is 32.7 Å². The Bertz CT molecular complexity index is 148. The summed E-state index contributed by atoms with van der Waals surface area (Å²) in [6, 6.07) is 0. The summed E-state index contributed by atoms with van der Waals surface area (Å²) in [5.41, 5.74) is 0. The van der Waals surface area contributed by atoms with Gasteiger partial charge in [-0.05, 0) is 26.1 Å². The number of nitrogens with one attached hydrogen (secondary N) is 1. The molecule has 1 rings (SSSR count). The van der Waals surface area contributed by atoms with E-state index >= 15 is 0 Å². The first-order valence-electron chi connectivity index (χ1n) is 6.19. The molecule has 3 heteroatoms. The van der Waals surface area contributed by atoms with Crippen molar-refractivity contribution in [3.63, 3.8) is 0 Å². The van der Waals surface area contributed by atoms with Crippen molar-refractivity contribution < 1.29 is 4.79 Å². The van der Waals surface area contributed by atoms with Crippen LogP contribution in [0.2, 0.25) is 0 Å². The van der Waals surface area contributed by atoms with Gasteiger partial charge in [0.2, 0.25) is 0 Å². The standard InChI is InChI=1S/C8H15NO.C4H11N/c1-2-5-9-6-3-8(10)4-7-9;1-3-5-4-2/h2-7H2,1H3;5H,3-4H2,1-2H3. The van der Waals surface area contributed by atoms with E-state index in [1.54, 1.807) is 0 Å². The second-order valence-electron chi connectivity index (χ2n) is 3.84. The van der Waals surface area contributed by atoms with Crippen molar-refractivity contribution in [3.05, 3.63) is 0 Å². The average Bonchev–Trinajstić information content (AvgIpc) is 2.24. The molecule has 1 heterocycles. The fraction of sp³-hybridized carbons (Fsp3) is 0.917. The van der Waals surface area contributed by atoms with Gasteiger partial charge in [-0.25, -0.2) is 0 Å². The Hall–Kier alpha value is -0.410. The van der Waals surface area contributed by atoms with Gasteiger partial charge in [0.1, 0.15) is 5.78 Å². The van der Waals surface area contributed by atoms with E-state index < -0.39 is 0 Å². The van der Waals surface area contributed by atoms with E-state index in [2.05, 4.69) is 31.0 Å². The first-order chi connectivity index (χ1) is 7.24. The Balaban J connectivity index is 0.000000336. The quantitative estimate of drug-likeness (QED) is 0.773. The van der Waals surface area contributed by atoms with Crippen molar-refractivity contribution in [1.29, 1.82) is 0 Å². The largest absolute Gasteiger partial charge is 0.317 e. The summed E-state index contributed by atoms with van der Waals surface area (Å²) < 4.78 is 0. The zero-order valence-electron chi connectivity index (χ0n) is 10.5. The molecule has 0 aromatic carbocycles. The fourth-order valence-corrected chi connectivity index (χ4v) is 1.59. The van der Waals surface area contributed by atoms with Gasteiger partial charge < -0.3 is 10.2 Å². The fourth-order valence-electron chi connectivity index (χ4n) is 1.59.